The number of nitrogens with one attached hydrogen (secondary N) is 2. The fourth-order valence-electron chi connectivity index (χ4n) is 2.58. The lowest BCUT2D eigenvalue weighted by atomic mass is 10.2. The summed E-state index contributed by atoms with van der Waals surface area (Å²) in [7, 11) is 0. The molecule has 2 N–H and O–H groups in total. The summed E-state index contributed by atoms with van der Waals surface area (Å²) in [4.78, 5) is 51.1. The Kier molecular flexibility index (Phi) is 4.81. The first-order valence-electron chi connectivity index (χ1n) is 7.80. The van der Waals surface area contributed by atoms with E-state index >= 15 is 0 Å². The molecule has 26 heavy (non-hydrogen) atoms. The summed E-state index contributed by atoms with van der Waals surface area (Å²) >= 11 is 6.26. The number of halogens is 1. The number of rotatable bonds is 4. The van der Waals surface area contributed by atoms with Gasteiger partial charge in [-0.3, -0.25) is 19.2 Å². The van der Waals surface area contributed by atoms with Crippen molar-refractivity contribution in [2.75, 3.05) is 24.6 Å². The fraction of sp³-hybridized carbons (Fsp3) is 0.250. The Labute approximate surface area is 152 Å². The average molecular weight is 379 g/mol. The molecule has 0 spiro atoms. The van der Waals surface area contributed by atoms with Crippen LogP contribution in [0.3, 0.4) is 0 Å². The number of urea groups is 1. The van der Waals surface area contributed by atoms with Crippen LogP contribution in [0.4, 0.5) is 10.5 Å². The van der Waals surface area contributed by atoms with Gasteiger partial charge in [-0.15, -0.1) is 0 Å². The minimum absolute atomic E-state index is 0.0931. The highest BCUT2D eigenvalue weighted by Gasteiger charge is 2.23. The SMILES string of the molecule is CCOC(=O)c1cn(-c2ccc(N3CCNC3=O)c(Cl)c2)c(=O)[nH]c1=O. The number of esters is 1. The number of carbonyl (C=O) groups excluding carboxylic acids is 2. The summed E-state index contributed by atoms with van der Waals surface area (Å²) in [5.41, 5.74) is -1.05. The molecule has 0 atom stereocenters. The van der Waals surface area contributed by atoms with Crippen LogP contribution in [0.1, 0.15) is 17.3 Å². The monoisotopic (exact) mass is 378 g/mol. The molecule has 2 aromatic rings. The van der Waals surface area contributed by atoms with E-state index in [4.69, 9.17) is 16.3 Å². The molecule has 0 aliphatic carbocycles. The lowest BCUT2D eigenvalue weighted by Crippen LogP contribution is -2.33. The van der Waals surface area contributed by atoms with Crippen LogP contribution in [-0.4, -0.2) is 41.2 Å². The second-order valence-electron chi connectivity index (χ2n) is 5.41. The first kappa shape index (κ1) is 17.7. The van der Waals surface area contributed by atoms with E-state index in [2.05, 4.69) is 10.3 Å². The van der Waals surface area contributed by atoms with E-state index in [9.17, 15) is 19.2 Å². The highest BCUT2D eigenvalue weighted by atomic mass is 35.5. The number of aromatic nitrogens is 2. The van der Waals surface area contributed by atoms with Gasteiger partial charge in [-0.1, -0.05) is 11.6 Å². The van der Waals surface area contributed by atoms with Crippen LogP contribution in [0.2, 0.25) is 5.02 Å². The number of nitrogens with zero attached hydrogens (tertiary/aromatic N) is 2. The summed E-state index contributed by atoms with van der Waals surface area (Å²) < 4.78 is 5.89. The zero-order valence-corrected chi connectivity index (χ0v) is 14.5. The van der Waals surface area contributed by atoms with Crippen molar-refractivity contribution in [2.24, 2.45) is 0 Å². The smallest absolute Gasteiger partial charge is 0.345 e. The van der Waals surface area contributed by atoms with Crippen molar-refractivity contribution in [3.63, 3.8) is 0 Å². The molecular formula is C16H15ClN4O5. The van der Waals surface area contributed by atoms with E-state index in [1.54, 1.807) is 19.1 Å². The summed E-state index contributed by atoms with van der Waals surface area (Å²) in [6.07, 6.45) is 1.10. The van der Waals surface area contributed by atoms with Gasteiger partial charge in [0.15, 0.2) is 0 Å². The molecule has 10 heteroatoms. The van der Waals surface area contributed by atoms with Crippen LogP contribution in [0.25, 0.3) is 5.69 Å². The molecule has 0 unspecified atom stereocenters. The van der Waals surface area contributed by atoms with Crippen molar-refractivity contribution < 1.29 is 14.3 Å². The standard InChI is InChI=1S/C16H15ClN4O5/c1-2-26-14(23)10-8-21(16(25)19-13(10)22)9-3-4-12(11(17)7-9)20-6-5-18-15(20)24/h3-4,7-8H,2,5-6H2,1H3,(H,18,24)(H,19,22,25). The van der Waals surface area contributed by atoms with Crippen molar-refractivity contribution in [1.82, 2.24) is 14.9 Å². The molecule has 1 saturated heterocycles. The Morgan fingerprint density at radius 3 is 2.69 bits per heavy atom. The van der Waals surface area contributed by atoms with E-state index in [-0.39, 0.29) is 23.2 Å². The summed E-state index contributed by atoms with van der Waals surface area (Å²) in [5, 5.41) is 2.92. The van der Waals surface area contributed by atoms with Crippen molar-refractivity contribution in [3.8, 4) is 5.69 Å². The third-order valence-corrected chi connectivity index (χ3v) is 4.10. The molecule has 0 bridgehead atoms. The quantitative estimate of drug-likeness (QED) is 0.767. The van der Waals surface area contributed by atoms with Gasteiger partial charge in [0.25, 0.3) is 5.56 Å². The maximum absolute atomic E-state index is 12.1. The lowest BCUT2D eigenvalue weighted by molar-refractivity contribution is 0.0523. The maximum Gasteiger partial charge on any atom is 0.345 e. The van der Waals surface area contributed by atoms with E-state index < -0.39 is 17.2 Å². The van der Waals surface area contributed by atoms with E-state index in [1.165, 1.54) is 11.0 Å². The molecule has 1 aliphatic rings. The molecule has 1 aliphatic heterocycles. The number of H-pyrrole nitrogens is 1. The van der Waals surface area contributed by atoms with Crippen molar-refractivity contribution >= 4 is 29.3 Å². The van der Waals surface area contributed by atoms with Crippen LogP contribution >= 0.6 is 11.6 Å². The zero-order valence-electron chi connectivity index (χ0n) is 13.7. The Balaban J connectivity index is 2.04. The second-order valence-corrected chi connectivity index (χ2v) is 5.82. The minimum atomic E-state index is -0.834. The molecule has 2 heterocycles. The first-order valence-corrected chi connectivity index (χ1v) is 8.18. The Morgan fingerprint density at radius 1 is 1.31 bits per heavy atom. The van der Waals surface area contributed by atoms with Gasteiger partial charge in [-0.05, 0) is 25.1 Å². The fourth-order valence-corrected chi connectivity index (χ4v) is 2.86. The lowest BCUT2D eigenvalue weighted by Gasteiger charge is -2.17. The van der Waals surface area contributed by atoms with Gasteiger partial charge in [0.05, 0.1) is 23.0 Å². The third kappa shape index (κ3) is 3.21. The predicted molar refractivity (Wildman–Crippen MR) is 94.4 cm³/mol. The second kappa shape index (κ2) is 7.04. The number of amides is 2. The van der Waals surface area contributed by atoms with Gasteiger partial charge < -0.3 is 10.1 Å². The van der Waals surface area contributed by atoms with Crippen LogP contribution in [0.5, 0.6) is 0 Å². The van der Waals surface area contributed by atoms with Crippen LogP contribution in [0, 0.1) is 0 Å². The zero-order chi connectivity index (χ0) is 18.8. The van der Waals surface area contributed by atoms with E-state index in [0.29, 0.717) is 24.5 Å². The topological polar surface area (TPSA) is 114 Å². The average Bonchev–Trinajstić information content (AvgIpc) is 3.01. The highest BCUT2D eigenvalue weighted by molar-refractivity contribution is 6.34. The maximum atomic E-state index is 12.1. The normalized spacial score (nSPS) is 13.6. The van der Waals surface area contributed by atoms with Gasteiger partial charge in [0.1, 0.15) is 5.56 Å². The molecule has 9 nitrogen and oxygen atoms in total. The predicted octanol–water partition coefficient (Wildman–Crippen LogP) is 0.885. The molecule has 136 valence electrons. The van der Waals surface area contributed by atoms with Crippen LogP contribution in [-0.2, 0) is 4.74 Å². The van der Waals surface area contributed by atoms with Gasteiger partial charge in [-0.2, -0.15) is 0 Å². The van der Waals surface area contributed by atoms with Gasteiger partial charge in [-0.25, -0.2) is 14.4 Å². The number of benzene rings is 1. The summed E-state index contributed by atoms with van der Waals surface area (Å²) in [6, 6.07) is 4.36. The third-order valence-electron chi connectivity index (χ3n) is 3.79. The van der Waals surface area contributed by atoms with E-state index in [0.717, 1.165) is 10.8 Å². The number of anilines is 1. The Bertz CT molecular complexity index is 997. The molecule has 1 fully saturated rings. The van der Waals surface area contributed by atoms with Crippen molar-refractivity contribution in [3.05, 3.63) is 55.8 Å². The molecule has 2 amide bonds. The highest BCUT2D eigenvalue weighted by Crippen LogP contribution is 2.28. The largest absolute Gasteiger partial charge is 0.462 e. The van der Waals surface area contributed by atoms with Crippen molar-refractivity contribution in [1.29, 1.82) is 0 Å². The molecule has 0 saturated carbocycles. The van der Waals surface area contributed by atoms with Gasteiger partial charge in [0.2, 0.25) is 0 Å². The molecule has 1 aromatic carbocycles. The Hall–Kier alpha value is -3.07. The number of hydrogen-bond acceptors (Lipinski definition) is 5. The molecule has 3 rings (SSSR count). The van der Waals surface area contributed by atoms with Crippen LogP contribution in [0.15, 0.2) is 34.0 Å². The Morgan fingerprint density at radius 2 is 2.08 bits per heavy atom. The number of aromatic amines is 1. The minimum Gasteiger partial charge on any atom is -0.462 e. The van der Waals surface area contributed by atoms with Crippen LogP contribution < -0.4 is 21.5 Å². The number of carbonyl (C=O) groups is 2. The van der Waals surface area contributed by atoms with E-state index in [1.807, 2.05) is 0 Å². The molecule has 0 radical (unpaired) electrons. The first-order chi connectivity index (χ1) is 12.4. The van der Waals surface area contributed by atoms with Crippen molar-refractivity contribution in [2.45, 2.75) is 6.92 Å². The summed E-state index contributed by atoms with van der Waals surface area (Å²) in [6.45, 7) is 2.69. The summed E-state index contributed by atoms with van der Waals surface area (Å²) in [5.74, 6) is -0.834. The number of hydrogen-bond donors (Lipinski definition) is 2. The molecule has 1 aromatic heterocycles. The number of ether oxygens (including phenoxy) is 1. The van der Waals surface area contributed by atoms with Gasteiger partial charge in [0, 0.05) is 19.3 Å². The molecular weight excluding hydrogens is 364 g/mol. The van der Waals surface area contributed by atoms with Gasteiger partial charge >= 0.3 is 17.7 Å².